The number of aliphatic hydroxyl groups is 1. The topological polar surface area (TPSA) is 127 Å². The highest BCUT2D eigenvalue weighted by Gasteiger charge is 2.43. The number of ether oxygens (including phenoxy) is 2. The number of aryl methyl sites for hydroxylation is 1. The number of hydrogen-bond acceptors (Lipinski definition) is 8. The number of fused-ring (bicyclic) bond motifs is 1. The number of nitrogens with one attached hydrogen (secondary N) is 2. The van der Waals surface area contributed by atoms with E-state index in [1.807, 2.05) is 42.8 Å². The third-order valence-electron chi connectivity index (χ3n) is 6.37. The molecular formula is C24H31N7O4. The summed E-state index contributed by atoms with van der Waals surface area (Å²) in [5.41, 5.74) is 1.64. The molecule has 5 rings (SSSR count). The summed E-state index contributed by atoms with van der Waals surface area (Å²) in [6, 6.07) is 7.30. The van der Waals surface area contributed by atoms with E-state index in [4.69, 9.17) is 24.4 Å². The van der Waals surface area contributed by atoms with Gasteiger partial charge >= 0.3 is 6.03 Å². The van der Waals surface area contributed by atoms with Crippen LogP contribution in [0.5, 0.6) is 0 Å². The van der Waals surface area contributed by atoms with Gasteiger partial charge in [-0.05, 0) is 37.6 Å². The summed E-state index contributed by atoms with van der Waals surface area (Å²) in [6.45, 7) is 7.00. The van der Waals surface area contributed by atoms with Crippen molar-refractivity contribution in [2.75, 3.05) is 49.7 Å². The number of carbonyl (C=O) groups is 1. The second kappa shape index (κ2) is 9.40. The van der Waals surface area contributed by atoms with Crippen molar-refractivity contribution in [2.45, 2.75) is 31.9 Å². The minimum absolute atomic E-state index is 0.114. The Balaban J connectivity index is 1.54. The van der Waals surface area contributed by atoms with Crippen LogP contribution in [0.2, 0.25) is 0 Å². The number of rotatable bonds is 6. The average Bonchev–Trinajstić information content (AvgIpc) is 3.18. The molecule has 35 heavy (non-hydrogen) atoms. The van der Waals surface area contributed by atoms with Crippen LogP contribution in [-0.2, 0) is 22.1 Å². The zero-order chi connectivity index (χ0) is 24.6. The first-order valence-electron chi connectivity index (χ1n) is 11.9. The molecule has 0 radical (unpaired) electrons. The summed E-state index contributed by atoms with van der Waals surface area (Å²) in [7, 11) is 1.85. The normalized spacial score (nSPS) is 19.4. The highest BCUT2D eigenvalue weighted by Crippen LogP contribution is 2.35. The van der Waals surface area contributed by atoms with E-state index >= 15 is 0 Å². The van der Waals surface area contributed by atoms with Crippen molar-refractivity contribution >= 4 is 28.7 Å². The van der Waals surface area contributed by atoms with Gasteiger partial charge in [-0.1, -0.05) is 6.92 Å². The molecular weight excluding hydrogens is 450 g/mol. The molecule has 3 aromatic rings. The number of morpholine rings is 1. The number of anilines is 2. The monoisotopic (exact) mass is 481 g/mol. The molecule has 0 bridgehead atoms. The van der Waals surface area contributed by atoms with Crippen LogP contribution in [0.15, 0.2) is 24.3 Å². The first kappa shape index (κ1) is 23.5. The summed E-state index contributed by atoms with van der Waals surface area (Å²) in [5, 5.41) is 16.6. The van der Waals surface area contributed by atoms with Crippen LogP contribution >= 0.6 is 0 Å². The number of imidazole rings is 1. The Kier molecular flexibility index (Phi) is 6.30. The number of aromatic nitrogens is 4. The number of carbonyl (C=O) groups excluding carboxylic acids is 1. The molecule has 0 spiro atoms. The van der Waals surface area contributed by atoms with Crippen LogP contribution in [0.25, 0.3) is 22.6 Å². The number of urea groups is 1. The predicted molar refractivity (Wildman–Crippen MR) is 131 cm³/mol. The second-order valence-electron chi connectivity index (χ2n) is 9.14. The number of benzene rings is 1. The number of nitrogens with zero attached hydrogens (tertiary/aromatic N) is 5. The Hall–Kier alpha value is -3.28. The van der Waals surface area contributed by atoms with E-state index < -0.39 is 5.60 Å². The summed E-state index contributed by atoms with van der Waals surface area (Å²) >= 11 is 0. The van der Waals surface area contributed by atoms with Crippen molar-refractivity contribution in [1.29, 1.82) is 0 Å². The lowest BCUT2D eigenvalue weighted by molar-refractivity contribution is -0.190. The van der Waals surface area contributed by atoms with Crippen LogP contribution in [0.3, 0.4) is 0 Å². The third kappa shape index (κ3) is 4.42. The molecule has 0 unspecified atom stereocenters. The first-order valence-corrected chi connectivity index (χ1v) is 11.9. The lowest BCUT2D eigenvalue weighted by Gasteiger charge is -2.35. The maximum absolute atomic E-state index is 12.0. The molecule has 2 aliphatic rings. The van der Waals surface area contributed by atoms with E-state index in [2.05, 4.69) is 22.5 Å². The molecule has 2 fully saturated rings. The zero-order valence-electron chi connectivity index (χ0n) is 20.2. The Morgan fingerprint density at radius 3 is 2.63 bits per heavy atom. The Morgan fingerprint density at radius 2 is 1.97 bits per heavy atom. The van der Waals surface area contributed by atoms with Gasteiger partial charge in [0.05, 0.1) is 32.5 Å². The van der Waals surface area contributed by atoms with Gasteiger partial charge in [-0.2, -0.15) is 0 Å². The molecule has 0 aliphatic carbocycles. The summed E-state index contributed by atoms with van der Waals surface area (Å²) in [6.07, 6.45) is 0.871. The quantitative estimate of drug-likeness (QED) is 0.488. The van der Waals surface area contributed by atoms with Crippen molar-refractivity contribution in [3.05, 3.63) is 30.1 Å². The molecule has 2 aliphatic heterocycles. The minimum Gasteiger partial charge on any atom is -0.377 e. The molecule has 186 valence electrons. The largest absolute Gasteiger partial charge is 0.377 e. The van der Waals surface area contributed by atoms with Crippen LogP contribution in [0, 0.1) is 0 Å². The molecule has 11 nitrogen and oxygen atoms in total. The highest BCUT2D eigenvalue weighted by atomic mass is 16.5. The SMILES string of the molecule is CCCNC(=O)Nc1ccc(-c2nc(N3CCOC[C@@H]3C)c3nc(C4(O)COC4)n(C)c3n2)cc1. The number of amides is 2. The van der Waals surface area contributed by atoms with Crippen LogP contribution in [-0.4, -0.2) is 76.2 Å². The standard InChI is InChI=1S/C24H31N7O4/c1-4-9-25-23(32)26-17-7-5-16(6-8-17)19-28-20-18(21(29-19)31-10-11-34-12-15(31)2)27-22(30(20)3)24(33)13-35-14-24/h5-8,15,33H,4,9-14H2,1-3H3,(H2,25,26,32)/t15-/m0/s1. The van der Waals surface area contributed by atoms with E-state index in [0.717, 1.165) is 12.0 Å². The van der Waals surface area contributed by atoms with Gasteiger partial charge in [-0.25, -0.2) is 19.7 Å². The fourth-order valence-electron chi connectivity index (χ4n) is 4.37. The molecule has 2 amide bonds. The van der Waals surface area contributed by atoms with E-state index in [1.54, 1.807) is 0 Å². The number of hydrogen-bond donors (Lipinski definition) is 3. The minimum atomic E-state index is -1.13. The molecule has 2 saturated heterocycles. The van der Waals surface area contributed by atoms with E-state index in [-0.39, 0.29) is 25.3 Å². The zero-order valence-corrected chi connectivity index (χ0v) is 20.2. The summed E-state index contributed by atoms with van der Waals surface area (Å²) < 4.78 is 12.7. The Labute approximate surface area is 203 Å². The van der Waals surface area contributed by atoms with Gasteiger partial charge in [0.25, 0.3) is 0 Å². The van der Waals surface area contributed by atoms with E-state index in [1.165, 1.54) is 0 Å². The second-order valence-corrected chi connectivity index (χ2v) is 9.14. The van der Waals surface area contributed by atoms with E-state index in [0.29, 0.717) is 60.6 Å². The van der Waals surface area contributed by atoms with Crippen LogP contribution in [0.4, 0.5) is 16.3 Å². The van der Waals surface area contributed by atoms with Crippen LogP contribution in [0.1, 0.15) is 26.1 Å². The van der Waals surface area contributed by atoms with Gasteiger partial charge in [0.15, 0.2) is 28.4 Å². The van der Waals surface area contributed by atoms with Gasteiger partial charge in [0.2, 0.25) is 0 Å². The van der Waals surface area contributed by atoms with Gasteiger partial charge in [0, 0.05) is 31.4 Å². The van der Waals surface area contributed by atoms with Crippen molar-refractivity contribution < 1.29 is 19.4 Å². The van der Waals surface area contributed by atoms with Gasteiger partial charge in [-0.3, -0.25) is 0 Å². The Bertz CT molecular complexity index is 1220. The summed E-state index contributed by atoms with van der Waals surface area (Å²) in [5.74, 6) is 1.78. The maximum Gasteiger partial charge on any atom is 0.319 e. The van der Waals surface area contributed by atoms with Crippen LogP contribution < -0.4 is 15.5 Å². The maximum atomic E-state index is 12.0. The van der Waals surface area contributed by atoms with Gasteiger partial charge in [-0.15, -0.1) is 0 Å². The lowest BCUT2D eigenvalue weighted by Crippen LogP contribution is -2.48. The Morgan fingerprint density at radius 1 is 1.20 bits per heavy atom. The van der Waals surface area contributed by atoms with E-state index in [9.17, 15) is 9.90 Å². The first-order chi connectivity index (χ1) is 16.9. The average molecular weight is 482 g/mol. The molecule has 1 atom stereocenters. The summed E-state index contributed by atoms with van der Waals surface area (Å²) in [4.78, 5) is 28.7. The van der Waals surface area contributed by atoms with Crippen molar-refractivity contribution in [2.24, 2.45) is 7.05 Å². The predicted octanol–water partition coefficient (Wildman–Crippen LogP) is 2.00. The molecule has 2 aromatic heterocycles. The van der Waals surface area contributed by atoms with Gasteiger partial charge in [0.1, 0.15) is 5.82 Å². The fraction of sp³-hybridized carbons (Fsp3) is 0.500. The highest BCUT2D eigenvalue weighted by molar-refractivity contribution is 5.90. The fourth-order valence-corrected chi connectivity index (χ4v) is 4.37. The third-order valence-corrected chi connectivity index (χ3v) is 6.37. The molecule has 3 N–H and O–H groups in total. The van der Waals surface area contributed by atoms with Crippen molar-refractivity contribution in [1.82, 2.24) is 24.8 Å². The molecule has 4 heterocycles. The molecule has 0 saturated carbocycles. The molecule has 11 heteroatoms. The van der Waals surface area contributed by atoms with Crippen molar-refractivity contribution in [3.63, 3.8) is 0 Å². The van der Waals surface area contributed by atoms with Crippen molar-refractivity contribution in [3.8, 4) is 11.4 Å². The smallest absolute Gasteiger partial charge is 0.319 e. The molecule has 1 aromatic carbocycles. The lowest BCUT2D eigenvalue weighted by atomic mass is 10.0. The van der Waals surface area contributed by atoms with Gasteiger partial charge < -0.3 is 34.7 Å².